The quantitative estimate of drug-likeness (QED) is 0.529. The number of hydrogen-bond donors (Lipinski definition) is 3. The maximum Gasteiger partial charge on any atom is 0.292 e. The van der Waals surface area contributed by atoms with Gasteiger partial charge in [-0.2, -0.15) is 0 Å². The van der Waals surface area contributed by atoms with Gasteiger partial charge in [0.05, 0.1) is 11.0 Å². The fourth-order valence-electron chi connectivity index (χ4n) is 1.71. The number of carbonyl (C=O) groups is 1. The van der Waals surface area contributed by atoms with Crippen molar-refractivity contribution in [3.63, 3.8) is 0 Å². The van der Waals surface area contributed by atoms with Gasteiger partial charge in [-0.15, -0.1) is 0 Å². The van der Waals surface area contributed by atoms with Crippen molar-refractivity contribution in [3.8, 4) is 0 Å². The van der Waals surface area contributed by atoms with Gasteiger partial charge in [-0.3, -0.25) is 14.9 Å². The maximum atomic E-state index is 11.5. The van der Waals surface area contributed by atoms with Gasteiger partial charge in [0.1, 0.15) is 5.69 Å². The number of nitro groups is 1. The van der Waals surface area contributed by atoms with Gasteiger partial charge in [-0.05, 0) is 12.1 Å². The van der Waals surface area contributed by atoms with Gasteiger partial charge in [-0.1, -0.05) is 0 Å². The van der Waals surface area contributed by atoms with Crippen LogP contribution in [-0.2, 0) is 0 Å². The maximum absolute atomic E-state index is 11.5. The SMILES string of the molecule is CNC(=O)c1ccc([N+](=O)[O-])c(NC2CNC2)c1. The zero-order valence-electron chi connectivity index (χ0n) is 9.90. The number of nitrogens with zero attached hydrogens (tertiary/aromatic N) is 1. The van der Waals surface area contributed by atoms with Crippen LogP contribution in [0.2, 0.25) is 0 Å². The van der Waals surface area contributed by atoms with Gasteiger partial charge < -0.3 is 16.0 Å². The molecule has 96 valence electrons. The first kappa shape index (κ1) is 12.3. The van der Waals surface area contributed by atoms with E-state index in [0.29, 0.717) is 11.3 Å². The Morgan fingerprint density at radius 2 is 2.22 bits per heavy atom. The number of rotatable bonds is 4. The summed E-state index contributed by atoms with van der Waals surface area (Å²) >= 11 is 0. The molecule has 3 N–H and O–H groups in total. The minimum Gasteiger partial charge on any atom is -0.374 e. The van der Waals surface area contributed by atoms with Gasteiger partial charge in [0.15, 0.2) is 0 Å². The molecule has 1 aliphatic heterocycles. The molecular weight excluding hydrogens is 236 g/mol. The first-order valence-electron chi connectivity index (χ1n) is 5.59. The van der Waals surface area contributed by atoms with E-state index < -0.39 is 4.92 Å². The first-order valence-corrected chi connectivity index (χ1v) is 5.59. The summed E-state index contributed by atoms with van der Waals surface area (Å²) < 4.78 is 0. The number of anilines is 1. The molecule has 2 rings (SSSR count). The molecule has 1 saturated heterocycles. The van der Waals surface area contributed by atoms with Crippen LogP contribution in [0.3, 0.4) is 0 Å². The van der Waals surface area contributed by atoms with Crippen molar-refractivity contribution in [3.05, 3.63) is 33.9 Å². The highest BCUT2D eigenvalue weighted by Gasteiger charge is 2.22. The fourth-order valence-corrected chi connectivity index (χ4v) is 1.71. The number of benzene rings is 1. The molecule has 0 aromatic heterocycles. The average Bonchev–Trinajstić information content (AvgIpc) is 2.32. The van der Waals surface area contributed by atoms with Crippen LogP contribution in [0.5, 0.6) is 0 Å². The Hall–Kier alpha value is -2.15. The smallest absolute Gasteiger partial charge is 0.292 e. The molecular formula is C11H14N4O3. The average molecular weight is 250 g/mol. The molecule has 1 aromatic rings. The molecule has 0 unspecified atom stereocenters. The van der Waals surface area contributed by atoms with Gasteiger partial charge in [-0.25, -0.2) is 0 Å². The van der Waals surface area contributed by atoms with Crippen LogP contribution < -0.4 is 16.0 Å². The van der Waals surface area contributed by atoms with Crippen LogP contribution in [0.15, 0.2) is 18.2 Å². The molecule has 7 nitrogen and oxygen atoms in total. The molecule has 18 heavy (non-hydrogen) atoms. The molecule has 0 atom stereocenters. The highest BCUT2D eigenvalue weighted by atomic mass is 16.6. The Balaban J connectivity index is 2.30. The van der Waals surface area contributed by atoms with Crippen molar-refractivity contribution >= 4 is 17.3 Å². The zero-order valence-corrected chi connectivity index (χ0v) is 9.90. The second-order valence-electron chi connectivity index (χ2n) is 4.07. The third-order valence-corrected chi connectivity index (χ3v) is 2.82. The van der Waals surface area contributed by atoms with Crippen molar-refractivity contribution in [1.29, 1.82) is 0 Å². The minimum atomic E-state index is -0.456. The van der Waals surface area contributed by atoms with Gasteiger partial charge in [0.2, 0.25) is 0 Å². The Morgan fingerprint density at radius 1 is 1.50 bits per heavy atom. The number of carbonyl (C=O) groups excluding carboxylic acids is 1. The molecule has 1 heterocycles. The number of amides is 1. The van der Waals surface area contributed by atoms with Crippen LogP contribution in [0, 0.1) is 10.1 Å². The second-order valence-corrected chi connectivity index (χ2v) is 4.07. The summed E-state index contributed by atoms with van der Waals surface area (Å²) in [5.74, 6) is -0.264. The number of nitro benzene ring substituents is 1. The molecule has 0 radical (unpaired) electrons. The van der Waals surface area contributed by atoms with E-state index in [-0.39, 0.29) is 17.6 Å². The van der Waals surface area contributed by atoms with Gasteiger partial charge in [0, 0.05) is 31.8 Å². The molecule has 1 aromatic carbocycles. The summed E-state index contributed by atoms with van der Waals surface area (Å²) in [6.07, 6.45) is 0. The lowest BCUT2D eigenvalue weighted by Gasteiger charge is -2.28. The predicted molar refractivity (Wildman–Crippen MR) is 66.8 cm³/mol. The lowest BCUT2D eigenvalue weighted by atomic mass is 10.1. The molecule has 1 fully saturated rings. The van der Waals surface area contributed by atoms with E-state index in [4.69, 9.17) is 0 Å². The molecule has 0 spiro atoms. The molecule has 0 bridgehead atoms. The summed E-state index contributed by atoms with van der Waals surface area (Å²) in [6, 6.07) is 4.47. The summed E-state index contributed by atoms with van der Waals surface area (Å²) in [5.41, 5.74) is 0.764. The zero-order chi connectivity index (χ0) is 13.1. The van der Waals surface area contributed by atoms with Gasteiger partial charge in [0.25, 0.3) is 11.6 Å². The van der Waals surface area contributed by atoms with Crippen molar-refractivity contribution in [2.24, 2.45) is 0 Å². The largest absolute Gasteiger partial charge is 0.374 e. The molecule has 0 saturated carbocycles. The third-order valence-electron chi connectivity index (χ3n) is 2.82. The summed E-state index contributed by atoms with van der Waals surface area (Å²) in [4.78, 5) is 21.9. The highest BCUT2D eigenvalue weighted by Crippen LogP contribution is 2.26. The number of nitrogens with one attached hydrogen (secondary N) is 3. The van der Waals surface area contributed by atoms with Crippen molar-refractivity contribution in [1.82, 2.24) is 10.6 Å². The summed E-state index contributed by atoms with van der Waals surface area (Å²) in [7, 11) is 1.52. The Labute approximate surface area is 104 Å². The van der Waals surface area contributed by atoms with Gasteiger partial charge >= 0.3 is 0 Å². The van der Waals surface area contributed by atoms with E-state index in [2.05, 4.69) is 16.0 Å². The Kier molecular flexibility index (Phi) is 3.42. The predicted octanol–water partition coefficient (Wildman–Crippen LogP) is 0.338. The van der Waals surface area contributed by atoms with E-state index in [0.717, 1.165) is 13.1 Å². The lowest BCUT2D eigenvalue weighted by molar-refractivity contribution is -0.384. The van der Waals surface area contributed by atoms with E-state index in [1.54, 1.807) is 0 Å². The molecule has 1 aliphatic rings. The van der Waals surface area contributed by atoms with E-state index in [1.165, 1.54) is 25.2 Å². The first-order chi connectivity index (χ1) is 8.61. The van der Waals surface area contributed by atoms with Crippen LogP contribution in [-0.4, -0.2) is 37.0 Å². The van der Waals surface area contributed by atoms with Crippen molar-refractivity contribution in [2.75, 3.05) is 25.5 Å². The second kappa shape index (κ2) is 5.01. The van der Waals surface area contributed by atoms with Crippen LogP contribution in [0.4, 0.5) is 11.4 Å². The fraction of sp³-hybridized carbons (Fsp3) is 0.364. The topological polar surface area (TPSA) is 96.3 Å². The minimum absolute atomic E-state index is 0.0189. The van der Waals surface area contributed by atoms with E-state index in [1.807, 2.05) is 0 Å². The normalized spacial score (nSPS) is 14.7. The van der Waals surface area contributed by atoms with E-state index in [9.17, 15) is 14.9 Å². The standard InChI is InChI=1S/C11H14N4O3/c1-12-11(16)7-2-3-10(15(17)18)9(4-7)14-8-5-13-6-8/h2-4,8,13-14H,5-6H2,1H3,(H,12,16). The Bertz CT molecular complexity index is 485. The van der Waals surface area contributed by atoms with E-state index >= 15 is 0 Å². The third kappa shape index (κ3) is 2.40. The van der Waals surface area contributed by atoms with Crippen molar-refractivity contribution in [2.45, 2.75) is 6.04 Å². The van der Waals surface area contributed by atoms with Crippen molar-refractivity contribution < 1.29 is 9.72 Å². The Morgan fingerprint density at radius 3 is 2.72 bits per heavy atom. The molecule has 7 heteroatoms. The molecule has 1 amide bonds. The lowest BCUT2D eigenvalue weighted by Crippen LogP contribution is -2.51. The monoisotopic (exact) mass is 250 g/mol. The van der Waals surface area contributed by atoms with Crippen LogP contribution in [0.25, 0.3) is 0 Å². The number of hydrogen-bond acceptors (Lipinski definition) is 5. The summed E-state index contributed by atoms with van der Waals surface area (Å²) in [6.45, 7) is 1.53. The van der Waals surface area contributed by atoms with Crippen LogP contribution in [0.1, 0.15) is 10.4 Å². The highest BCUT2D eigenvalue weighted by molar-refractivity contribution is 5.95. The summed E-state index contributed by atoms with van der Waals surface area (Å²) in [5, 5.41) is 19.5. The van der Waals surface area contributed by atoms with Crippen LogP contribution >= 0.6 is 0 Å². The molecule has 0 aliphatic carbocycles.